The van der Waals surface area contributed by atoms with Gasteiger partial charge in [-0.05, 0) is 53.1 Å². The van der Waals surface area contributed by atoms with Crippen molar-refractivity contribution < 1.29 is 4.79 Å². The molecule has 11 heteroatoms. The van der Waals surface area contributed by atoms with Crippen LogP contribution in [-0.4, -0.2) is 36.2 Å². The lowest BCUT2D eigenvalue weighted by Crippen LogP contribution is -2.39. The third kappa shape index (κ3) is 6.01. The highest BCUT2D eigenvalue weighted by molar-refractivity contribution is 6.32. The number of halogens is 2. The van der Waals surface area contributed by atoms with Crippen LogP contribution in [0.5, 0.6) is 0 Å². The van der Waals surface area contributed by atoms with E-state index in [9.17, 15) is 4.79 Å². The second-order valence-electron chi connectivity index (χ2n) is 8.75. The molecule has 9 nitrogen and oxygen atoms in total. The fourth-order valence-electron chi connectivity index (χ4n) is 4.08. The number of nitrogens with zero attached hydrogens (tertiary/aromatic N) is 5. The Kier molecular flexibility index (Phi) is 7.67. The van der Waals surface area contributed by atoms with Crippen LogP contribution in [-0.2, 0) is 13.0 Å². The van der Waals surface area contributed by atoms with Crippen LogP contribution >= 0.6 is 23.2 Å². The highest BCUT2D eigenvalue weighted by Crippen LogP contribution is 2.29. The summed E-state index contributed by atoms with van der Waals surface area (Å²) in [7, 11) is 0. The molecule has 2 heterocycles. The Labute approximate surface area is 229 Å². The van der Waals surface area contributed by atoms with Crippen molar-refractivity contribution in [3.63, 3.8) is 0 Å². The van der Waals surface area contributed by atoms with E-state index < -0.39 is 6.04 Å². The number of aromatic amines is 1. The molecule has 38 heavy (non-hydrogen) atoms. The van der Waals surface area contributed by atoms with Gasteiger partial charge < -0.3 is 15.6 Å². The van der Waals surface area contributed by atoms with Crippen molar-refractivity contribution in [2.75, 3.05) is 0 Å². The number of rotatable bonds is 8. The number of urea groups is 1. The Morgan fingerprint density at radius 3 is 2.58 bits per heavy atom. The number of hydrogen-bond donors (Lipinski definition) is 3. The van der Waals surface area contributed by atoms with Gasteiger partial charge in [0.25, 0.3) is 0 Å². The van der Waals surface area contributed by atoms with Gasteiger partial charge in [-0.3, -0.25) is 0 Å². The van der Waals surface area contributed by atoms with Crippen molar-refractivity contribution >= 4 is 29.2 Å². The number of amides is 2. The molecule has 0 radical (unpaired) electrons. The molecule has 0 saturated heterocycles. The molecular formula is C27H24Cl2N8O. The normalized spacial score (nSPS) is 11.8. The van der Waals surface area contributed by atoms with Gasteiger partial charge in [-0.2, -0.15) is 0 Å². The molecule has 2 aromatic heterocycles. The van der Waals surface area contributed by atoms with Gasteiger partial charge in [0.05, 0.1) is 11.7 Å². The minimum atomic E-state index is -0.465. The maximum atomic E-state index is 13.1. The fourth-order valence-corrected chi connectivity index (χ4v) is 4.52. The highest BCUT2D eigenvalue weighted by atomic mass is 35.5. The van der Waals surface area contributed by atoms with Crippen molar-refractivity contribution in [3.8, 4) is 16.9 Å². The molecule has 0 aliphatic carbocycles. The number of tetrazole rings is 1. The van der Waals surface area contributed by atoms with Crippen LogP contribution in [0.4, 0.5) is 4.79 Å². The Morgan fingerprint density at radius 2 is 1.84 bits per heavy atom. The van der Waals surface area contributed by atoms with Gasteiger partial charge >= 0.3 is 6.03 Å². The van der Waals surface area contributed by atoms with Crippen LogP contribution in [0, 0.1) is 6.92 Å². The van der Waals surface area contributed by atoms with Crippen molar-refractivity contribution in [3.05, 3.63) is 112 Å². The summed E-state index contributed by atoms with van der Waals surface area (Å²) < 4.78 is 1.51. The lowest BCUT2D eigenvalue weighted by atomic mass is 10.1. The molecule has 192 valence electrons. The zero-order chi connectivity index (χ0) is 26.5. The first-order chi connectivity index (χ1) is 18.5. The highest BCUT2D eigenvalue weighted by Gasteiger charge is 2.22. The van der Waals surface area contributed by atoms with Gasteiger partial charge in [0.2, 0.25) is 0 Å². The number of hydrogen-bond acceptors (Lipinski definition) is 5. The number of imidazole rings is 1. The molecule has 0 bridgehead atoms. The number of benzene rings is 3. The second-order valence-corrected chi connectivity index (χ2v) is 9.56. The number of aromatic nitrogens is 6. The largest absolute Gasteiger partial charge is 0.334 e. The summed E-state index contributed by atoms with van der Waals surface area (Å²) in [5, 5.41) is 18.2. The molecule has 0 aliphatic rings. The predicted molar refractivity (Wildman–Crippen MR) is 146 cm³/mol. The van der Waals surface area contributed by atoms with Gasteiger partial charge in [-0.25, -0.2) is 14.5 Å². The molecule has 0 fully saturated rings. The van der Waals surface area contributed by atoms with E-state index in [0.29, 0.717) is 33.8 Å². The zero-order valence-corrected chi connectivity index (χ0v) is 21.9. The molecule has 1 atom stereocenters. The van der Waals surface area contributed by atoms with Gasteiger partial charge in [-0.1, -0.05) is 83.4 Å². The Balaban J connectivity index is 1.36. The van der Waals surface area contributed by atoms with Crippen molar-refractivity contribution in [1.82, 2.24) is 40.8 Å². The summed E-state index contributed by atoms with van der Waals surface area (Å²) in [6.45, 7) is 2.22. The Morgan fingerprint density at radius 1 is 1.05 bits per heavy atom. The van der Waals surface area contributed by atoms with E-state index in [2.05, 4.69) is 31.1 Å². The van der Waals surface area contributed by atoms with Crippen LogP contribution < -0.4 is 10.6 Å². The molecule has 0 spiro atoms. The van der Waals surface area contributed by atoms with E-state index >= 15 is 0 Å². The smallest absolute Gasteiger partial charge is 0.315 e. The summed E-state index contributed by atoms with van der Waals surface area (Å²) >= 11 is 12.8. The van der Waals surface area contributed by atoms with Gasteiger partial charge in [0.15, 0.2) is 0 Å². The monoisotopic (exact) mass is 546 g/mol. The SMILES string of the molecule is Cc1ccc(-c2nc([C@H](Cc3ccccc3)NC(=O)NCc3cc(Cl)ccc3-n3cnnn3)[nH]c2Cl)cc1. The number of aryl methyl sites for hydroxylation is 1. The number of carbonyl (C=O) groups is 1. The first-order valence-electron chi connectivity index (χ1n) is 11.9. The Bertz CT molecular complexity index is 1520. The van der Waals surface area contributed by atoms with Crippen molar-refractivity contribution in [2.24, 2.45) is 0 Å². The van der Waals surface area contributed by atoms with Crippen LogP contribution in [0.1, 0.15) is 28.6 Å². The molecule has 0 unspecified atom stereocenters. The van der Waals surface area contributed by atoms with Crippen LogP contribution in [0.2, 0.25) is 10.2 Å². The third-order valence-electron chi connectivity index (χ3n) is 6.00. The maximum absolute atomic E-state index is 13.1. The third-order valence-corrected chi connectivity index (χ3v) is 6.51. The predicted octanol–water partition coefficient (Wildman–Crippen LogP) is 5.45. The van der Waals surface area contributed by atoms with E-state index in [0.717, 1.165) is 22.3 Å². The van der Waals surface area contributed by atoms with Crippen molar-refractivity contribution in [2.45, 2.75) is 25.9 Å². The number of H-pyrrole nitrogens is 1. The standard InChI is InChI=1S/C27H24Cl2N8O/c1-17-7-9-19(10-8-17)24-25(29)34-26(33-24)22(13-18-5-3-2-4-6-18)32-27(38)30-15-20-14-21(28)11-12-23(20)37-16-31-35-36-37/h2-12,14,16,22H,13,15H2,1H3,(H,33,34)(H2,30,32,38)/t22-/m0/s1. The first-order valence-corrected chi connectivity index (χ1v) is 12.6. The average molecular weight is 547 g/mol. The number of carbonyl (C=O) groups excluding carboxylic acids is 1. The molecule has 5 aromatic rings. The average Bonchev–Trinajstić information content (AvgIpc) is 3.59. The van der Waals surface area contributed by atoms with Crippen LogP contribution in [0.3, 0.4) is 0 Å². The molecule has 0 aliphatic heterocycles. The molecular weight excluding hydrogens is 523 g/mol. The number of nitrogens with one attached hydrogen (secondary N) is 3. The lowest BCUT2D eigenvalue weighted by molar-refractivity contribution is 0.236. The quantitative estimate of drug-likeness (QED) is 0.239. The van der Waals surface area contributed by atoms with E-state index in [4.69, 9.17) is 28.2 Å². The summed E-state index contributed by atoms with van der Waals surface area (Å²) in [6, 6.07) is 22.3. The van der Waals surface area contributed by atoms with E-state index in [1.54, 1.807) is 18.2 Å². The first kappa shape index (κ1) is 25.4. The summed E-state index contributed by atoms with van der Waals surface area (Å²) in [4.78, 5) is 21.0. The minimum absolute atomic E-state index is 0.202. The van der Waals surface area contributed by atoms with Crippen LogP contribution in [0.15, 0.2) is 79.1 Å². The molecule has 5 rings (SSSR count). The second kappa shape index (κ2) is 11.5. The van der Waals surface area contributed by atoms with Gasteiger partial charge in [-0.15, -0.1) is 5.10 Å². The van der Waals surface area contributed by atoms with Crippen molar-refractivity contribution in [1.29, 1.82) is 0 Å². The van der Waals surface area contributed by atoms with Gasteiger partial charge in [0.1, 0.15) is 23.0 Å². The van der Waals surface area contributed by atoms with E-state index in [-0.39, 0.29) is 12.6 Å². The molecule has 0 saturated carbocycles. The summed E-state index contributed by atoms with van der Waals surface area (Å²) in [5.74, 6) is 0.557. The molecule has 3 aromatic carbocycles. The van der Waals surface area contributed by atoms with E-state index in [1.807, 2.05) is 61.5 Å². The molecule has 2 amide bonds. The maximum Gasteiger partial charge on any atom is 0.315 e. The zero-order valence-electron chi connectivity index (χ0n) is 20.4. The van der Waals surface area contributed by atoms with E-state index in [1.165, 1.54) is 11.0 Å². The topological polar surface area (TPSA) is 113 Å². The Hall–Kier alpha value is -4.21. The van der Waals surface area contributed by atoms with Crippen LogP contribution in [0.25, 0.3) is 16.9 Å². The summed E-state index contributed by atoms with van der Waals surface area (Å²) in [6.07, 6.45) is 1.99. The minimum Gasteiger partial charge on any atom is -0.334 e. The lowest BCUT2D eigenvalue weighted by Gasteiger charge is -2.18. The fraction of sp³-hybridized carbons (Fsp3) is 0.148. The summed E-state index contributed by atoms with van der Waals surface area (Å²) in [5.41, 5.74) is 5.17. The van der Waals surface area contributed by atoms with Gasteiger partial charge in [0, 0.05) is 17.1 Å². The molecule has 3 N–H and O–H groups in total.